The van der Waals surface area contributed by atoms with E-state index >= 15 is 0 Å². The summed E-state index contributed by atoms with van der Waals surface area (Å²) in [6.45, 7) is 1.03. The van der Waals surface area contributed by atoms with E-state index in [1.807, 2.05) is 0 Å². The first-order valence-electron chi connectivity index (χ1n) is 5.66. The van der Waals surface area contributed by atoms with Crippen LogP contribution in [-0.2, 0) is 11.2 Å². The number of para-hydroxylation sites is 1. The van der Waals surface area contributed by atoms with Crippen LogP contribution in [0.4, 0.5) is 5.69 Å². The largest absolute Gasteiger partial charge is 0.393 e. The summed E-state index contributed by atoms with van der Waals surface area (Å²) in [5.41, 5.74) is 0.775. The molecule has 0 radical (unpaired) electrons. The van der Waals surface area contributed by atoms with Gasteiger partial charge in [0.2, 0.25) is 0 Å². The lowest BCUT2D eigenvalue weighted by molar-refractivity contribution is -0.385. The number of aliphatic hydroxyl groups excluding tert-OH is 1. The standard InChI is InChI=1S/C12H15NO4/c14-12-5-6-17-8-10(12)7-9-3-1-2-4-11(9)13(15)16/h1-4,10,12,14H,5-8H2. The minimum absolute atomic E-state index is 0.0511. The second kappa shape index (κ2) is 5.25. The van der Waals surface area contributed by atoms with E-state index in [-0.39, 0.29) is 16.5 Å². The summed E-state index contributed by atoms with van der Waals surface area (Å²) in [6, 6.07) is 6.65. The number of aliphatic hydroxyl groups is 1. The maximum absolute atomic E-state index is 10.9. The molecule has 1 aromatic carbocycles. The van der Waals surface area contributed by atoms with Crippen molar-refractivity contribution in [2.45, 2.75) is 18.9 Å². The van der Waals surface area contributed by atoms with Gasteiger partial charge in [0.15, 0.2) is 0 Å². The first-order valence-corrected chi connectivity index (χ1v) is 5.66. The first kappa shape index (κ1) is 12.0. The van der Waals surface area contributed by atoms with Crippen molar-refractivity contribution < 1.29 is 14.8 Å². The van der Waals surface area contributed by atoms with Crippen molar-refractivity contribution in [2.75, 3.05) is 13.2 Å². The normalized spacial score (nSPS) is 24.5. The molecule has 0 aromatic heterocycles. The highest BCUT2D eigenvalue weighted by Crippen LogP contribution is 2.25. The third-order valence-electron chi connectivity index (χ3n) is 3.10. The average molecular weight is 237 g/mol. The first-order chi connectivity index (χ1) is 8.18. The molecular weight excluding hydrogens is 222 g/mol. The fraction of sp³-hybridized carbons (Fsp3) is 0.500. The monoisotopic (exact) mass is 237 g/mol. The topological polar surface area (TPSA) is 72.6 Å². The van der Waals surface area contributed by atoms with Gasteiger partial charge in [-0.2, -0.15) is 0 Å². The zero-order chi connectivity index (χ0) is 12.3. The summed E-state index contributed by atoms with van der Waals surface area (Å²) < 4.78 is 5.30. The molecule has 1 N–H and O–H groups in total. The number of ether oxygens (including phenoxy) is 1. The van der Waals surface area contributed by atoms with Crippen LogP contribution in [0.2, 0.25) is 0 Å². The van der Waals surface area contributed by atoms with Crippen LogP contribution in [0.5, 0.6) is 0 Å². The zero-order valence-electron chi connectivity index (χ0n) is 9.41. The molecule has 1 heterocycles. The van der Waals surface area contributed by atoms with Crippen molar-refractivity contribution in [1.29, 1.82) is 0 Å². The highest BCUT2D eigenvalue weighted by Gasteiger charge is 2.26. The van der Waals surface area contributed by atoms with Gasteiger partial charge in [-0.15, -0.1) is 0 Å². The molecule has 2 atom stereocenters. The second-order valence-corrected chi connectivity index (χ2v) is 4.28. The van der Waals surface area contributed by atoms with E-state index in [2.05, 4.69) is 0 Å². The molecule has 0 aliphatic carbocycles. The molecule has 92 valence electrons. The van der Waals surface area contributed by atoms with E-state index in [1.165, 1.54) is 6.07 Å². The number of nitro groups is 1. The van der Waals surface area contributed by atoms with Gasteiger partial charge in [-0.05, 0) is 12.8 Å². The molecule has 1 saturated heterocycles. The van der Waals surface area contributed by atoms with Crippen LogP contribution < -0.4 is 0 Å². The van der Waals surface area contributed by atoms with E-state index in [1.54, 1.807) is 18.2 Å². The summed E-state index contributed by atoms with van der Waals surface area (Å²) in [5.74, 6) is -0.0511. The molecular formula is C12H15NO4. The lowest BCUT2D eigenvalue weighted by Gasteiger charge is -2.27. The quantitative estimate of drug-likeness (QED) is 0.639. The number of hydrogen-bond acceptors (Lipinski definition) is 4. The van der Waals surface area contributed by atoms with Crippen molar-refractivity contribution in [1.82, 2.24) is 0 Å². The van der Waals surface area contributed by atoms with Crippen molar-refractivity contribution in [2.24, 2.45) is 5.92 Å². The highest BCUT2D eigenvalue weighted by atomic mass is 16.6. The summed E-state index contributed by atoms with van der Waals surface area (Å²) in [4.78, 5) is 10.5. The Morgan fingerprint density at radius 1 is 1.47 bits per heavy atom. The predicted octanol–water partition coefficient (Wildman–Crippen LogP) is 1.53. The van der Waals surface area contributed by atoms with E-state index in [0.29, 0.717) is 31.6 Å². The van der Waals surface area contributed by atoms with Crippen LogP contribution >= 0.6 is 0 Å². The Bertz CT molecular complexity index is 407. The van der Waals surface area contributed by atoms with Gasteiger partial charge in [-0.1, -0.05) is 18.2 Å². The molecule has 1 aromatic rings. The maximum Gasteiger partial charge on any atom is 0.272 e. The summed E-state index contributed by atoms with van der Waals surface area (Å²) in [6.07, 6.45) is 0.660. The number of hydrogen-bond donors (Lipinski definition) is 1. The second-order valence-electron chi connectivity index (χ2n) is 4.28. The minimum atomic E-state index is -0.427. The van der Waals surface area contributed by atoms with Gasteiger partial charge in [0, 0.05) is 24.2 Å². The summed E-state index contributed by atoms with van der Waals surface area (Å²) in [7, 11) is 0. The van der Waals surface area contributed by atoms with E-state index < -0.39 is 6.10 Å². The van der Waals surface area contributed by atoms with E-state index in [4.69, 9.17) is 4.74 Å². The summed E-state index contributed by atoms with van der Waals surface area (Å²) >= 11 is 0. The predicted molar refractivity (Wildman–Crippen MR) is 61.7 cm³/mol. The molecule has 1 aliphatic rings. The van der Waals surface area contributed by atoms with Crippen molar-refractivity contribution in [3.63, 3.8) is 0 Å². The fourth-order valence-electron chi connectivity index (χ4n) is 2.12. The van der Waals surface area contributed by atoms with Gasteiger partial charge in [-0.25, -0.2) is 0 Å². The third kappa shape index (κ3) is 2.81. The molecule has 1 aliphatic heterocycles. The van der Waals surface area contributed by atoms with Gasteiger partial charge in [0.1, 0.15) is 0 Å². The lowest BCUT2D eigenvalue weighted by Crippen LogP contribution is -2.33. The Hall–Kier alpha value is -1.46. The minimum Gasteiger partial charge on any atom is -0.393 e. The number of nitrogens with zero attached hydrogens (tertiary/aromatic N) is 1. The van der Waals surface area contributed by atoms with Crippen LogP contribution in [0.3, 0.4) is 0 Å². The van der Waals surface area contributed by atoms with Gasteiger partial charge in [-0.3, -0.25) is 10.1 Å². The average Bonchev–Trinajstić information content (AvgIpc) is 2.32. The van der Waals surface area contributed by atoms with Crippen LogP contribution in [-0.4, -0.2) is 29.3 Å². The van der Waals surface area contributed by atoms with Crippen LogP contribution in [0.25, 0.3) is 0 Å². The molecule has 2 unspecified atom stereocenters. The van der Waals surface area contributed by atoms with Crippen LogP contribution in [0.1, 0.15) is 12.0 Å². The van der Waals surface area contributed by atoms with Crippen LogP contribution in [0.15, 0.2) is 24.3 Å². The number of nitro benzene ring substituents is 1. The molecule has 5 heteroatoms. The number of benzene rings is 1. The number of rotatable bonds is 3. The molecule has 2 rings (SSSR count). The van der Waals surface area contributed by atoms with E-state index in [0.717, 1.165) is 0 Å². The molecule has 0 amide bonds. The zero-order valence-corrected chi connectivity index (χ0v) is 9.41. The Balaban J connectivity index is 2.14. The Kier molecular flexibility index (Phi) is 3.71. The highest BCUT2D eigenvalue weighted by molar-refractivity contribution is 5.40. The van der Waals surface area contributed by atoms with Crippen molar-refractivity contribution >= 4 is 5.69 Å². The van der Waals surface area contributed by atoms with Crippen molar-refractivity contribution in [3.05, 3.63) is 39.9 Å². The van der Waals surface area contributed by atoms with Crippen LogP contribution in [0, 0.1) is 16.0 Å². The van der Waals surface area contributed by atoms with Crippen molar-refractivity contribution in [3.8, 4) is 0 Å². The van der Waals surface area contributed by atoms with Gasteiger partial charge in [0.05, 0.1) is 17.6 Å². The molecule has 1 fully saturated rings. The van der Waals surface area contributed by atoms with Gasteiger partial charge < -0.3 is 9.84 Å². The Morgan fingerprint density at radius 2 is 2.24 bits per heavy atom. The van der Waals surface area contributed by atoms with Gasteiger partial charge in [0.25, 0.3) is 5.69 Å². The Morgan fingerprint density at radius 3 is 2.94 bits per heavy atom. The molecule has 5 nitrogen and oxygen atoms in total. The third-order valence-corrected chi connectivity index (χ3v) is 3.10. The van der Waals surface area contributed by atoms with E-state index in [9.17, 15) is 15.2 Å². The molecule has 0 spiro atoms. The summed E-state index contributed by atoms with van der Waals surface area (Å²) in [5, 5.41) is 20.7. The lowest BCUT2D eigenvalue weighted by atomic mass is 9.91. The smallest absolute Gasteiger partial charge is 0.272 e. The Labute approximate surface area is 99.2 Å². The SMILES string of the molecule is O=[N+]([O-])c1ccccc1CC1COCCC1O. The fourth-order valence-corrected chi connectivity index (χ4v) is 2.12. The molecule has 0 bridgehead atoms. The maximum atomic E-state index is 10.9. The van der Waals surface area contributed by atoms with Gasteiger partial charge >= 0.3 is 0 Å². The molecule has 17 heavy (non-hydrogen) atoms. The molecule has 0 saturated carbocycles.